The monoisotopic (exact) mass is 509 g/mol. The van der Waals surface area contributed by atoms with Crippen LogP contribution >= 0.6 is 0 Å². The van der Waals surface area contributed by atoms with Gasteiger partial charge in [0.15, 0.2) is 22.9 Å². The molecule has 7 nitrogen and oxygen atoms in total. The first-order valence-electron chi connectivity index (χ1n) is 11.0. The molecule has 0 radical (unpaired) electrons. The number of para-hydroxylation sites is 1. The van der Waals surface area contributed by atoms with E-state index >= 15 is 0 Å². The van der Waals surface area contributed by atoms with Gasteiger partial charge in [0.05, 0.1) is 18.7 Å². The Balaban J connectivity index is 1.58. The Morgan fingerprint density at radius 2 is 1.70 bits per heavy atom. The van der Waals surface area contributed by atoms with Crippen molar-refractivity contribution in [2.45, 2.75) is 12.4 Å². The van der Waals surface area contributed by atoms with E-state index in [9.17, 15) is 27.9 Å². The van der Waals surface area contributed by atoms with Crippen molar-refractivity contribution in [1.29, 1.82) is 0 Å². The van der Waals surface area contributed by atoms with E-state index in [1.54, 1.807) is 48.5 Å². The van der Waals surface area contributed by atoms with Gasteiger partial charge < -0.3 is 19.0 Å². The minimum Gasteiger partial charge on any atom is -0.503 e. The number of ether oxygens (including phenoxy) is 2. The van der Waals surface area contributed by atoms with Crippen LogP contribution < -0.4 is 14.4 Å². The first-order valence-corrected chi connectivity index (χ1v) is 11.0. The number of hydrogen-bond donors (Lipinski definition) is 1. The number of rotatable bonds is 6. The largest absolute Gasteiger partial charge is 0.573 e. The number of methoxy groups -OCH3 is 1. The molecule has 0 fully saturated rings. The second-order valence-corrected chi connectivity index (χ2v) is 8.11. The molecule has 3 aromatic carbocycles. The highest BCUT2D eigenvalue weighted by Gasteiger charge is 2.45. The van der Waals surface area contributed by atoms with Gasteiger partial charge in [0, 0.05) is 11.1 Å². The standard InChI is InChI=1S/C27H18F3NO6/c1-35-19-9-5-8-16-14-20(36-25(16)19)23(32)21-22(15-6-3-2-4-7-15)31(26(34)24(21)33)17-10-12-18(13-11-17)37-27(28,29)30/h2-14,22,33H,1H3. The number of halogens is 3. The Labute approximate surface area is 207 Å². The maximum atomic E-state index is 13.7. The summed E-state index contributed by atoms with van der Waals surface area (Å²) in [6.07, 6.45) is -4.88. The summed E-state index contributed by atoms with van der Waals surface area (Å²) in [5.41, 5.74) is 0.734. The van der Waals surface area contributed by atoms with Gasteiger partial charge in [0.1, 0.15) is 5.75 Å². The van der Waals surface area contributed by atoms with Crippen molar-refractivity contribution in [2.24, 2.45) is 0 Å². The Hall–Kier alpha value is -4.73. The maximum absolute atomic E-state index is 13.7. The summed E-state index contributed by atoms with van der Waals surface area (Å²) < 4.78 is 52.7. The highest BCUT2D eigenvalue weighted by molar-refractivity contribution is 6.20. The molecule has 1 aliphatic heterocycles. The summed E-state index contributed by atoms with van der Waals surface area (Å²) in [6.45, 7) is 0. The van der Waals surface area contributed by atoms with Gasteiger partial charge in [0.2, 0.25) is 5.78 Å². The Morgan fingerprint density at radius 3 is 2.35 bits per heavy atom. The van der Waals surface area contributed by atoms with Gasteiger partial charge in [-0.25, -0.2) is 0 Å². The maximum Gasteiger partial charge on any atom is 0.573 e. The van der Waals surface area contributed by atoms with E-state index in [2.05, 4.69) is 4.74 Å². The van der Waals surface area contributed by atoms with Crippen molar-refractivity contribution in [3.63, 3.8) is 0 Å². The lowest BCUT2D eigenvalue weighted by atomic mass is 9.95. The first-order chi connectivity index (χ1) is 17.7. The lowest BCUT2D eigenvalue weighted by Gasteiger charge is -2.27. The van der Waals surface area contributed by atoms with Crippen LogP contribution in [0.4, 0.5) is 18.9 Å². The normalized spacial score (nSPS) is 15.9. The average Bonchev–Trinajstić information content (AvgIpc) is 3.43. The molecule has 37 heavy (non-hydrogen) atoms. The van der Waals surface area contributed by atoms with Crippen molar-refractivity contribution in [2.75, 3.05) is 12.0 Å². The van der Waals surface area contributed by atoms with Gasteiger partial charge in [-0.1, -0.05) is 42.5 Å². The van der Waals surface area contributed by atoms with Crippen molar-refractivity contribution < 1.29 is 41.8 Å². The topological polar surface area (TPSA) is 89.2 Å². The fourth-order valence-electron chi connectivity index (χ4n) is 4.30. The average molecular weight is 509 g/mol. The Bertz CT molecular complexity index is 1520. The molecule has 0 saturated carbocycles. The third-order valence-electron chi connectivity index (χ3n) is 5.87. The number of carbonyl (C=O) groups is 2. The van der Waals surface area contributed by atoms with E-state index < -0.39 is 35.6 Å². The molecular weight excluding hydrogens is 491 g/mol. The molecule has 2 heterocycles. The number of nitrogens with zero attached hydrogens (tertiary/aromatic N) is 1. The highest BCUT2D eigenvalue weighted by atomic mass is 19.4. The van der Waals surface area contributed by atoms with Crippen molar-refractivity contribution in [3.05, 3.63) is 102 Å². The SMILES string of the molecule is COc1cccc2cc(C(=O)C3=C(O)C(=O)N(c4ccc(OC(F)(F)F)cc4)C3c3ccccc3)oc12. The number of aliphatic hydroxyl groups is 1. The number of ketones is 1. The zero-order valence-corrected chi connectivity index (χ0v) is 19.2. The van der Waals surface area contributed by atoms with Gasteiger partial charge in [-0.05, 0) is 42.0 Å². The Morgan fingerprint density at radius 1 is 1.00 bits per heavy atom. The fourth-order valence-corrected chi connectivity index (χ4v) is 4.30. The van der Waals surface area contributed by atoms with E-state index in [1.165, 1.54) is 25.3 Å². The van der Waals surface area contributed by atoms with Crippen LogP contribution in [0, 0.1) is 0 Å². The van der Waals surface area contributed by atoms with E-state index in [-0.39, 0.29) is 17.0 Å². The zero-order valence-electron chi connectivity index (χ0n) is 19.2. The number of aliphatic hydroxyl groups excluding tert-OH is 1. The van der Waals surface area contributed by atoms with E-state index in [1.807, 2.05) is 0 Å². The van der Waals surface area contributed by atoms with Gasteiger partial charge in [-0.3, -0.25) is 14.5 Å². The van der Waals surface area contributed by atoms with Crippen LogP contribution in [-0.4, -0.2) is 30.3 Å². The molecule has 1 unspecified atom stereocenters. The summed E-state index contributed by atoms with van der Waals surface area (Å²) in [7, 11) is 1.46. The third-order valence-corrected chi connectivity index (χ3v) is 5.87. The Kier molecular flexibility index (Phi) is 5.87. The quantitative estimate of drug-likeness (QED) is 0.315. The van der Waals surface area contributed by atoms with Gasteiger partial charge >= 0.3 is 6.36 Å². The molecule has 1 N–H and O–H groups in total. The lowest BCUT2D eigenvalue weighted by molar-refractivity contribution is -0.274. The minimum atomic E-state index is -4.88. The molecule has 0 saturated heterocycles. The number of carbonyl (C=O) groups excluding carboxylic acids is 2. The molecule has 0 bridgehead atoms. The molecule has 188 valence electrons. The number of amides is 1. The van der Waals surface area contributed by atoms with Crippen LogP contribution in [0.25, 0.3) is 11.0 Å². The number of anilines is 1. The number of fused-ring (bicyclic) bond motifs is 1. The van der Waals surface area contributed by atoms with Crippen LogP contribution in [0.2, 0.25) is 0 Å². The van der Waals surface area contributed by atoms with Gasteiger partial charge in [0.25, 0.3) is 5.91 Å². The second-order valence-electron chi connectivity index (χ2n) is 8.11. The predicted molar refractivity (Wildman–Crippen MR) is 127 cm³/mol. The number of Topliss-reactive ketones (excluding diaryl/α,β-unsaturated/α-hetero) is 1. The summed E-state index contributed by atoms with van der Waals surface area (Å²) >= 11 is 0. The molecule has 0 aliphatic carbocycles. The number of benzene rings is 3. The third kappa shape index (κ3) is 4.37. The second kappa shape index (κ2) is 9.05. The smallest absolute Gasteiger partial charge is 0.503 e. The molecule has 1 aromatic heterocycles. The van der Waals surface area contributed by atoms with Crippen molar-refractivity contribution >= 4 is 28.3 Å². The van der Waals surface area contributed by atoms with Crippen LogP contribution in [0.3, 0.4) is 0 Å². The summed E-state index contributed by atoms with van der Waals surface area (Å²) in [5.74, 6) is -2.61. The number of alkyl halides is 3. The molecular formula is C27H18F3NO6. The molecule has 4 aromatic rings. The minimum absolute atomic E-state index is 0.120. The summed E-state index contributed by atoms with van der Waals surface area (Å²) in [6, 6.07) is 18.5. The van der Waals surface area contributed by atoms with E-state index in [0.29, 0.717) is 22.3 Å². The van der Waals surface area contributed by atoms with Crippen molar-refractivity contribution in [3.8, 4) is 11.5 Å². The van der Waals surface area contributed by atoms with Gasteiger partial charge in [-0.15, -0.1) is 13.2 Å². The van der Waals surface area contributed by atoms with E-state index in [4.69, 9.17) is 9.15 Å². The van der Waals surface area contributed by atoms with Crippen molar-refractivity contribution in [1.82, 2.24) is 0 Å². The van der Waals surface area contributed by atoms with Crippen LogP contribution in [0.1, 0.15) is 22.2 Å². The first kappa shape index (κ1) is 24.0. The zero-order chi connectivity index (χ0) is 26.3. The number of hydrogen-bond acceptors (Lipinski definition) is 6. The molecule has 10 heteroatoms. The number of furan rings is 1. The molecule has 0 spiro atoms. The molecule has 5 rings (SSSR count). The van der Waals surface area contributed by atoms with Crippen LogP contribution in [0.15, 0.2) is 94.6 Å². The van der Waals surface area contributed by atoms with Gasteiger partial charge in [-0.2, -0.15) is 0 Å². The molecule has 1 aliphatic rings. The van der Waals surface area contributed by atoms with Crippen LogP contribution in [-0.2, 0) is 4.79 Å². The summed E-state index contributed by atoms with van der Waals surface area (Å²) in [4.78, 5) is 28.0. The summed E-state index contributed by atoms with van der Waals surface area (Å²) in [5, 5.41) is 11.4. The fraction of sp³-hybridized carbons (Fsp3) is 0.111. The molecule has 1 amide bonds. The molecule has 1 atom stereocenters. The van der Waals surface area contributed by atoms with Crippen LogP contribution in [0.5, 0.6) is 11.5 Å². The van der Waals surface area contributed by atoms with E-state index in [0.717, 1.165) is 17.0 Å². The predicted octanol–water partition coefficient (Wildman–Crippen LogP) is 6.12. The lowest BCUT2D eigenvalue weighted by Crippen LogP contribution is -2.31. The highest BCUT2D eigenvalue weighted by Crippen LogP contribution is 2.43.